The third kappa shape index (κ3) is 3.61. The number of hydrogen-bond donors (Lipinski definition) is 2. The van der Waals surface area contributed by atoms with Gasteiger partial charge >= 0.3 is 0 Å². The standard InChI is InChI=1S/C17H21N3O/c1-20(2)16-11-7-6-10-15(16)19-17(21)14(12-18)13-8-4-3-5-9-13/h3-11,14H,12,18H2,1-2H3,(H,19,21). The SMILES string of the molecule is CN(C)c1ccccc1NC(=O)C(CN)c1ccccc1. The molecule has 3 N–H and O–H groups in total. The minimum absolute atomic E-state index is 0.0852. The molecule has 2 aromatic rings. The van der Waals surface area contributed by atoms with Gasteiger partial charge in [0.2, 0.25) is 5.91 Å². The summed E-state index contributed by atoms with van der Waals surface area (Å²) in [6.07, 6.45) is 0. The Morgan fingerprint density at radius 3 is 2.33 bits per heavy atom. The molecule has 0 heterocycles. The van der Waals surface area contributed by atoms with Crippen LogP contribution in [0.5, 0.6) is 0 Å². The van der Waals surface area contributed by atoms with Gasteiger partial charge in [0.05, 0.1) is 17.3 Å². The molecule has 0 aliphatic rings. The lowest BCUT2D eigenvalue weighted by molar-refractivity contribution is -0.117. The molecule has 0 saturated carbocycles. The van der Waals surface area contributed by atoms with Crippen LogP contribution >= 0.6 is 0 Å². The maximum Gasteiger partial charge on any atom is 0.233 e. The third-order valence-corrected chi connectivity index (χ3v) is 3.40. The summed E-state index contributed by atoms with van der Waals surface area (Å²) in [5.74, 6) is -0.431. The Labute approximate surface area is 125 Å². The van der Waals surface area contributed by atoms with Gasteiger partial charge in [0.25, 0.3) is 0 Å². The van der Waals surface area contributed by atoms with E-state index in [1.54, 1.807) is 0 Å². The van der Waals surface area contributed by atoms with Gasteiger partial charge in [-0.3, -0.25) is 4.79 Å². The molecule has 2 aromatic carbocycles. The third-order valence-electron chi connectivity index (χ3n) is 3.40. The Kier molecular flexibility index (Phi) is 4.95. The Hall–Kier alpha value is -2.33. The fourth-order valence-electron chi connectivity index (χ4n) is 2.27. The number of para-hydroxylation sites is 2. The highest BCUT2D eigenvalue weighted by Gasteiger charge is 2.19. The number of amides is 1. The van der Waals surface area contributed by atoms with Crippen molar-refractivity contribution >= 4 is 17.3 Å². The van der Waals surface area contributed by atoms with E-state index in [4.69, 9.17) is 5.73 Å². The Balaban J connectivity index is 2.21. The summed E-state index contributed by atoms with van der Waals surface area (Å²) in [4.78, 5) is 14.5. The first-order valence-electron chi connectivity index (χ1n) is 6.95. The van der Waals surface area contributed by atoms with Crippen molar-refractivity contribution in [3.63, 3.8) is 0 Å². The number of nitrogens with zero attached hydrogens (tertiary/aromatic N) is 1. The van der Waals surface area contributed by atoms with E-state index >= 15 is 0 Å². The number of nitrogens with two attached hydrogens (primary N) is 1. The van der Waals surface area contributed by atoms with E-state index < -0.39 is 0 Å². The highest BCUT2D eigenvalue weighted by molar-refractivity contribution is 5.98. The molecule has 0 aliphatic carbocycles. The molecule has 0 aliphatic heterocycles. The molecule has 1 atom stereocenters. The molecular weight excluding hydrogens is 262 g/mol. The van der Waals surface area contributed by atoms with Crippen LogP contribution in [0.15, 0.2) is 54.6 Å². The summed E-state index contributed by atoms with van der Waals surface area (Å²) in [5, 5.41) is 2.98. The van der Waals surface area contributed by atoms with Gasteiger partial charge in [0.15, 0.2) is 0 Å². The summed E-state index contributed by atoms with van der Waals surface area (Å²) in [7, 11) is 3.89. The highest BCUT2D eigenvalue weighted by atomic mass is 16.1. The van der Waals surface area contributed by atoms with E-state index in [0.717, 1.165) is 16.9 Å². The molecule has 4 nitrogen and oxygen atoms in total. The fraction of sp³-hybridized carbons (Fsp3) is 0.235. The topological polar surface area (TPSA) is 58.4 Å². The molecule has 0 spiro atoms. The average Bonchev–Trinajstić information content (AvgIpc) is 2.49. The fourth-order valence-corrected chi connectivity index (χ4v) is 2.27. The van der Waals surface area contributed by atoms with Gasteiger partial charge in [-0.25, -0.2) is 0 Å². The number of hydrogen-bond acceptors (Lipinski definition) is 3. The molecule has 21 heavy (non-hydrogen) atoms. The monoisotopic (exact) mass is 283 g/mol. The largest absolute Gasteiger partial charge is 0.376 e. The van der Waals surface area contributed by atoms with Crippen LogP contribution < -0.4 is 16.0 Å². The van der Waals surface area contributed by atoms with Gasteiger partial charge in [0.1, 0.15) is 0 Å². The second kappa shape index (κ2) is 6.90. The van der Waals surface area contributed by atoms with Crippen molar-refractivity contribution in [2.24, 2.45) is 5.73 Å². The summed E-state index contributed by atoms with van der Waals surface area (Å²) in [6.45, 7) is 0.278. The average molecular weight is 283 g/mol. The second-order valence-corrected chi connectivity index (χ2v) is 5.10. The van der Waals surface area contributed by atoms with E-state index in [2.05, 4.69) is 5.32 Å². The number of carbonyl (C=O) groups is 1. The predicted octanol–water partition coefficient (Wildman–Crippen LogP) is 2.43. The lowest BCUT2D eigenvalue weighted by Crippen LogP contribution is -2.28. The zero-order valence-corrected chi connectivity index (χ0v) is 12.4. The molecule has 0 saturated heterocycles. The molecule has 1 unspecified atom stereocenters. The molecule has 0 radical (unpaired) electrons. The lowest BCUT2D eigenvalue weighted by atomic mass is 9.98. The van der Waals surface area contributed by atoms with Crippen LogP contribution in [-0.2, 0) is 4.79 Å². The van der Waals surface area contributed by atoms with Crippen LogP contribution in [0.25, 0.3) is 0 Å². The summed E-state index contributed by atoms with van der Waals surface area (Å²) >= 11 is 0. The number of anilines is 2. The van der Waals surface area contributed by atoms with Crippen molar-refractivity contribution in [2.75, 3.05) is 30.9 Å². The summed E-state index contributed by atoms with van der Waals surface area (Å²) < 4.78 is 0. The predicted molar refractivity (Wildman–Crippen MR) is 87.6 cm³/mol. The maximum absolute atomic E-state index is 12.5. The normalized spacial score (nSPS) is 11.8. The molecule has 4 heteroatoms. The van der Waals surface area contributed by atoms with Crippen molar-refractivity contribution in [2.45, 2.75) is 5.92 Å². The van der Waals surface area contributed by atoms with E-state index in [-0.39, 0.29) is 18.4 Å². The number of benzene rings is 2. The first-order valence-corrected chi connectivity index (χ1v) is 6.95. The molecule has 1 amide bonds. The van der Waals surface area contributed by atoms with E-state index in [9.17, 15) is 4.79 Å². The summed E-state index contributed by atoms with van der Waals surface area (Å²) in [6, 6.07) is 17.3. The smallest absolute Gasteiger partial charge is 0.233 e. The molecular formula is C17H21N3O. The number of rotatable bonds is 5. The van der Waals surface area contributed by atoms with Crippen LogP contribution in [-0.4, -0.2) is 26.5 Å². The molecule has 0 fully saturated rings. The zero-order valence-electron chi connectivity index (χ0n) is 12.4. The molecule has 2 rings (SSSR count). The van der Waals surface area contributed by atoms with Gasteiger partial charge in [-0.2, -0.15) is 0 Å². The van der Waals surface area contributed by atoms with Crippen LogP contribution in [0.2, 0.25) is 0 Å². The first-order chi connectivity index (χ1) is 10.1. The van der Waals surface area contributed by atoms with Gasteiger partial charge in [-0.15, -0.1) is 0 Å². The minimum Gasteiger partial charge on any atom is -0.376 e. The number of carbonyl (C=O) groups excluding carboxylic acids is 1. The van der Waals surface area contributed by atoms with Crippen LogP contribution in [0.3, 0.4) is 0 Å². The van der Waals surface area contributed by atoms with Crippen molar-refractivity contribution in [1.29, 1.82) is 0 Å². The Morgan fingerprint density at radius 1 is 1.10 bits per heavy atom. The van der Waals surface area contributed by atoms with Crippen molar-refractivity contribution in [3.8, 4) is 0 Å². The lowest BCUT2D eigenvalue weighted by Gasteiger charge is -2.20. The van der Waals surface area contributed by atoms with Gasteiger partial charge < -0.3 is 16.0 Å². The molecule has 110 valence electrons. The zero-order chi connectivity index (χ0) is 15.2. The van der Waals surface area contributed by atoms with Crippen LogP contribution in [0.4, 0.5) is 11.4 Å². The quantitative estimate of drug-likeness (QED) is 0.886. The van der Waals surface area contributed by atoms with E-state index in [1.807, 2.05) is 73.6 Å². The Morgan fingerprint density at radius 2 is 1.71 bits per heavy atom. The van der Waals surface area contributed by atoms with Gasteiger partial charge in [-0.1, -0.05) is 42.5 Å². The molecule has 0 aromatic heterocycles. The van der Waals surface area contributed by atoms with Crippen LogP contribution in [0, 0.1) is 0 Å². The van der Waals surface area contributed by atoms with Gasteiger partial charge in [-0.05, 0) is 17.7 Å². The highest BCUT2D eigenvalue weighted by Crippen LogP contribution is 2.25. The van der Waals surface area contributed by atoms with Gasteiger partial charge in [0, 0.05) is 20.6 Å². The second-order valence-electron chi connectivity index (χ2n) is 5.10. The minimum atomic E-state index is -0.346. The van der Waals surface area contributed by atoms with Crippen LogP contribution in [0.1, 0.15) is 11.5 Å². The maximum atomic E-state index is 12.5. The van der Waals surface area contributed by atoms with Crippen molar-refractivity contribution in [1.82, 2.24) is 0 Å². The summed E-state index contributed by atoms with van der Waals surface area (Å²) in [5.41, 5.74) is 8.48. The van der Waals surface area contributed by atoms with E-state index in [0.29, 0.717) is 0 Å². The first kappa shape index (κ1) is 15.1. The van der Waals surface area contributed by atoms with Crippen molar-refractivity contribution < 1.29 is 4.79 Å². The number of nitrogens with one attached hydrogen (secondary N) is 1. The Bertz CT molecular complexity index is 596. The van der Waals surface area contributed by atoms with E-state index in [1.165, 1.54) is 0 Å². The molecule has 0 bridgehead atoms. The van der Waals surface area contributed by atoms with Crippen molar-refractivity contribution in [3.05, 3.63) is 60.2 Å².